The maximum Gasteiger partial charge on any atom is 2.00 e. The molecule has 1 aliphatic rings. The predicted molar refractivity (Wildman–Crippen MR) is 69.2 cm³/mol. The standard InChI is InChI=1S/C12H13NO5.Mg.2H/c14-11(15)9-2-1-3-10(8-9)12(16)18-13-4-6-17-7-5-13;;;/h1-3,8H,4-7H2,(H,14,15);;;/q;+2;2*-1. The average Bonchev–Trinajstić information content (AvgIpc) is 2.40. The Labute approximate surface area is 129 Å². The fourth-order valence-electron chi connectivity index (χ4n) is 1.59. The summed E-state index contributed by atoms with van der Waals surface area (Å²) in [6.07, 6.45) is 0. The number of hydroxylamine groups is 2. The Balaban J connectivity index is 0. The summed E-state index contributed by atoms with van der Waals surface area (Å²) in [4.78, 5) is 27.7. The zero-order chi connectivity index (χ0) is 13.0. The number of rotatable bonds is 3. The number of nitrogens with zero attached hydrogens (tertiary/aromatic N) is 1. The Kier molecular flexibility index (Phi) is 6.23. The summed E-state index contributed by atoms with van der Waals surface area (Å²) in [5, 5.41) is 10.3. The van der Waals surface area contributed by atoms with Crippen LogP contribution in [0.25, 0.3) is 0 Å². The molecule has 7 heteroatoms. The van der Waals surface area contributed by atoms with Crippen LogP contribution >= 0.6 is 0 Å². The van der Waals surface area contributed by atoms with Gasteiger partial charge in [0.05, 0.1) is 37.4 Å². The molecule has 0 saturated carbocycles. The van der Waals surface area contributed by atoms with Gasteiger partial charge in [-0.1, -0.05) is 6.07 Å². The van der Waals surface area contributed by atoms with Crippen LogP contribution in [0, 0.1) is 0 Å². The molecule has 1 saturated heterocycles. The normalized spacial score (nSPS) is 15.4. The number of benzene rings is 1. The summed E-state index contributed by atoms with van der Waals surface area (Å²) in [7, 11) is 0. The molecule has 0 atom stereocenters. The molecule has 0 radical (unpaired) electrons. The zero-order valence-electron chi connectivity index (χ0n) is 12.4. The Bertz CT molecular complexity index is 469. The number of ether oxygens (including phenoxy) is 1. The number of aromatic carboxylic acids is 1. The average molecular weight is 278 g/mol. The van der Waals surface area contributed by atoms with Crippen LogP contribution in [-0.2, 0) is 9.57 Å². The third-order valence-electron chi connectivity index (χ3n) is 2.53. The smallest absolute Gasteiger partial charge is 1.00 e. The molecule has 0 unspecified atom stereocenters. The Morgan fingerprint density at radius 3 is 2.53 bits per heavy atom. The van der Waals surface area contributed by atoms with Gasteiger partial charge >= 0.3 is 35.0 Å². The molecule has 1 aromatic carbocycles. The molecule has 1 fully saturated rings. The van der Waals surface area contributed by atoms with E-state index in [0.29, 0.717) is 26.3 Å². The van der Waals surface area contributed by atoms with Crippen molar-refractivity contribution in [2.24, 2.45) is 0 Å². The van der Waals surface area contributed by atoms with Gasteiger partial charge in [-0.15, -0.1) is 5.06 Å². The third-order valence-corrected chi connectivity index (χ3v) is 2.53. The van der Waals surface area contributed by atoms with Gasteiger partial charge in [0.15, 0.2) is 0 Å². The second kappa shape index (κ2) is 7.44. The molecule has 0 bridgehead atoms. The summed E-state index contributed by atoms with van der Waals surface area (Å²) >= 11 is 0. The third kappa shape index (κ3) is 4.46. The van der Waals surface area contributed by atoms with Gasteiger partial charge in [-0.3, -0.25) is 0 Å². The predicted octanol–water partition coefficient (Wildman–Crippen LogP) is 0.633. The summed E-state index contributed by atoms with van der Waals surface area (Å²) in [5.41, 5.74) is 0.285. The SMILES string of the molecule is O=C(O)c1cccc(C(=O)ON2CCOCC2)c1.[H-].[H-].[Mg+2]. The van der Waals surface area contributed by atoms with Crippen LogP contribution in [0.4, 0.5) is 0 Å². The van der Waals surface area contributed by atoms with Crippen LogP contribution in [0.1, 0.15) is 23.6 Å². The van der Waals surface area contributed by atoms with Crippen molar-refractivity contribution in [3.63, 3.8) is 0 Å². The summed E-state index contributed by atoms with van der Waals surface area (Å²) in [5.74, 6) is -1.63. The minimum absolute atomic E-state index is 0. The fourth-order valence-corrected chi connectivity index (χ4v) is 1.59. The van der Waals surface area contributed by atoms with Gasteiger partial charge in [-0.2, -0.15) is 0 Å². The van der Waals surface area contributed by atoms with E-state index >= 15 is 0 Å². The molecule has 0 spiro atoms. The van der Waals surface area contributed by atoms with Gasteiger partial charge in [0.25, 0.3) is 0 Å². The Hall–Kier alpha value is -1.15. The van der Waals surface area contributed by atoms with E-state index in [1.807, 2.05) is 0 Å². The van der Waals surface area contributed by atoms with Crippen LogP contribution in [-0.4, -0.2) is 71.5 Å². The molecular weight excluding hydrogens is 262 g/mol. The van der Waals surface area contributed by atoms with Crippen LogP contribution in [0.15, 0.2) is 24.3 Å². The van der Waals surface area contributed by atoms with Gasteiger partial charge < -0.3 is 17.5 Å². The number of carboxylic acid groups (broad SMARTS) is 1. The van der Waals surface area contributed by atoms with Crippen LogP contribution in [0.2, 0.25) is 0 Å². The number of carboxylic acids is 1. The van der Waals surface area contributed by atoms with Crippen LogP contribution in [0.3, 0.4) is 0 Å². The first-order valence-electron chi connectivity index (χ1n) is 5.55. The van der Waals surface area contributed by atoms with E-state index in [2.05, 4.69) is 0 Å². The van der Waals surface area contributed by atoms with E-state index in [9.17, 15) is 9.59 Å². The van der Waals surface area contributed by atoms with Gasteiger partial charge in [-0.25, -0.2) is 9.59 Å². The van der Waals surface area contributed by atoms with E-state index in [1.165, 1.54) is 29.3 Å². The number of carbonyl (C=O) groups excluding carboxylic acids is 1. The first-order chi connectivity index (χ1) is 8.66. The summed E-state index contributed by atoms with van der Waals surface area (Å²) in [6, 6.07) is 5.76. The van der Waals surface area contributed by atoms with Crippen LogP contribution in [0.5, 0.6) is 0 Å². The van der Waals surface area contributed by atoms with E-state index in [4.69, 9.17) is 14.7 Å². The molecule has 0 amide bonds. The Morgan fingerprint density at radius 1 is 1.26 bits per heavy atom. The summed E-state index contributed by atoms with van der Waals surface area (Å²) < 4.78 is 5.13. The fraction of sp³-hybridized carbons (Fsp3) is 0.333. The zero-order valence-corrected chi connectivity index (χ0v) is 11.8. The molecule has 0 aliphatic carbocycles. The molecule has 0 aromatic heterocycles. The van der Waals surface area contributed by atoms with Crippen molar-refractivity contribution < 1.29 is 27.1 Å². The van der Waals surface area contributed by atoms with Gasteiger partial charge in [-0.05, 0) is 18.2 Å². The molecule has 1 aliphatic heterocycles. The van der Waals surface area contributed by atoms with Gasteiger partial charge in [0.1, 0.15) is 0 Å². The van der Waals surface area contributed by atoms with Crippen molar-refractivity contribution in [3.05, 3.63) is 35.4 Å². The van der Waals surface area contributed by atoms with Crippen molar-refractivity contribution in [2.75, 3.05) is 26.3 Å². The minimum Gasteiger partial charge on any atom is -1.00 e. The van der Waals surface area contributed by atoms with E-state index < -0.39 is 11.9 Å². The molecule has 6 nitrogen and oxygen atoms in total. The van der Waals surface area contributed by atoms with Crippen molar-refractivity contribution in [3.8, 4) is 0 Å². The second-order valence-electron chi connectivity index (χ2n) is 3.81. The topological polar surface area (TPSA) is 76.1 Å². The molecular formula is C12H15MgNO5. The minimum atomic E-state index is -1.07. The van der Waals surface area contributed by atoms with Gasteiger partial charge in [0, 0.05) is 0 Å². The van der Waals surface area contributed by atoms with Crippen molar-refractivity contribution in [2.45, 2.75) is 0 Å². The second-order valence-corrected chi connectivity index (χ2v) is 3.81. The number of hydrogen-bond acceptors (Lipinski definition) is 5. The first kappa shape index (κ1) is 15.9. The van der Waals surface area contributed by atoms with Crippen molar-refractivity contribution in [1.82, 2.24) is 5.06 Å². The molecule has 1 N–H and O–H groups in total. The molecule has 100 valence electrons. The van der Waals surface area contributed by atoms with E-state index in [-0.39, 0.29) is 37.0 Å². The summed E-state index contributed by atoms with van der Waals surface area (Å²) in [6.45, 7) is 2.07. The van der Waals surface area contributed by atoms with Crippen LogP contribution < -0.4 is 0 Å². The van der Waals surface area contributed by atoms with Crippen molar-refractivity contribution >= 4 is 35.0 Å². The monoisotopic (exact) mass is 277 g/mol. The number of hydrogen-bond donors (Lipinski definition) is 1. The Morgan fingerprint density at radius 2 is 1.89 bits per heavy atom. The number of carbonyl (C=O) groups is 2. The first-order valence-corrected chi connectivity index (χ1v) is 5.55. The van der Waals surface area contributed by atoms with E-state index in [0.717, 1.165) is 0 Å². The maximum atomic E-state index is 11.8. The molecule has 19 heavy (non-hydrogen) atoms. The largest absolute Gasteiger partial charge is 2.00 e. The van der Waals surface area contributed by atoms with Gasteiger partial charge in [0.2, 0.25) is 0 Å². The molecule has 1 heterocycles. The quantitative estimate of drug-likeness (QED) is 0.817. The van der Waals surface area contributed by atoms with E-state index in [1.54, 1.807) is 0 Å². The maximum absolute atomic E-state index is 11.8. The van der Waals surface area contributed by atoms with Crippen molar-refractivity contribution in [1.29, 1.82) is 0 Å². The molecule has 1 aromatic rings. The number of morpholine rings is 1. The molecule has 2 rings (SSSR count).